The molecule has 0 aliphatic carbocycles. The van der Waals surface area contributed by atoms with E-state index in [1.807, 2.05) is 0 Å². The fraction of sp³-hybridized carbons (Fsp3) is 1.00. The van der Waals surface area contributed by atoms with E-state index in [1.165, 1.54) is 0 Å². The van der Waals surface area contributed by atoms with Gasteiger partial charge in [-0.15, -0.1) is 12.4 Å². The second-order valence-corrected chi connectivity index (χ2v) is 2.38. The van der Waals surface area contributed by atoms with Gasteiger partial charge >= 0.3 is 0 Å². The maximum absolute atomic E-state index is 5.24. The summed E-state index contributed by atoms with van der Waals surface area (Å²) in [6, 6.07) is 0. The van der Waals surface area contributed by atoms with E-state index < -0.39 is 0 Å². The molecule has 56 valence electrons. The third-order valence-electron chi connectivity index (χ3n) is 1.32. The summed E-state index contributed by atoms with van der Waals surface area (Å²) >= 11 is 0. The van der Waals surface area contributed by atoms with Gasteiger partial charge in [0.25, 0.3) is 0 Å². The van der Waals surface area contributed by atoms with Crippen LogP contribution in [0.4, 0.5) is 0 Å². The summed E-state index contributed by atoms with van der Waals surface area (Å²) in [5, 5.41) is 3.27. The Kier molecular flexibility index (Phi) is 5.15. The molecule has 0 spiro atoms. The normalized spacial score (nSPS) is 28.3. The van der Waals surface area contributed by atoms with Crippen molar-refractivity contribution in [2.45, 2.75) is 6.92 Å². The average Bonchev–Trinajstić information content (AvgIpc) is 1.94. The van der Waals surface area contributed by atoms with Crippen molar-refractivity contribution < 1.29 is 4.74 Å². The maximum atomic E-state index is 5.24. The van der Waals surface area contributed by atoms with E-state index in [9.17, 15) is 0 Å². The number of rotatable bonds is 0. The Hall–Kier alpha value is 0.210. The Balaban J connectivity index is 0.000000640. The minimum atomic E-state index is 0. The molecule has 0 aromatic carbocycles. The lowest BCUT2D eigenvalue weighted by Crippen LogP contribution is -2.20. The molecule has 0 saturated carbocycles. The molecule has 0 unspecified atom stereocenters. The van der Waals surface area contributed by atoms with Gasteiger partial charge in [0.1, 0.15) is 0 Å². The van der Waals surface area contributed by atoms with Crippen LogP contribution in [0, 0.1) is 5.92 Å². The first kappa shape index (κ1) is 9.21. The molecule has 2 nitrogen and oxygen atoms in total. The molecule has 1 aliphatic heterocycles. The van der Waals surface area contributed by atoms with Gasteiger partial charge in [-0.1, -0.05) is 6.92 Å². The van der Waals surface area contributed by atoms with Crippen molar-refractivity contribution in [2.75, 3.05) is 26.3 Å². The van der Waals surface area contributed by atoms with Crippen LogP contribution in [0.5, 0.6) is 0 Å². The van der Waals surface area contributed by atoms with E-state index in [-0.39, 0.29) is 12.4 Å². The summed E-state index contributed by atoms with van der Waals surface area (Å²) in [5.74, 6) is 0.692. The minimum Gasteiger partial charge on any atom is -0.380 e. The zero-order chi connectivity index (χ0) is 5.82. The molecule has 1 heterocycles. The molecule has 0 bridgehead atoms. The highest BCUT2D eigenvalue weighted by Gasteiger charge is 2.04. The largest absolute Gasteiger partial charge is 0.380 e. The Morgan fingerprint density at radius 1 is 1.56 bits per heavy atom. The highest BCUT2D eigenvalue weighted by Crippen LogP contribution is 1.95. The molecule has 0 aromatic rings. The highest BCUT2D eigenvalue weighted by atomic mass is 35.5. The van der Waals surface area contributed by atoms with Crippen LogP contribution in [0.2, 0.25) is 0 Å². The van der Waals surface area contributed by atoms with Crippen LogP contribution in [-0.4, -0.2) is 26.3 Å². The Morgan fingerprint density at radius 2 is 2.33 bits per heavy atom. The molecule has 1 rings (SSSR count). The van der Waals surface area contributed by atoms with Crippen molar-refractivity contribution in [3.05, 3.63) is 0 Å². The van der Waals surface area contributed by atoms with Crippen molar-refractivity contribution in [1.82, 2.24) is 5.32 Å². The molecule has 9 heavy (non-hydrogen) atoms. The molecular weight excluding hydrogens is 138 g/mol. The van der Waals surface area contributed by atoms with Crippen LogP contribution in [0.15, 0.2) is 0 Å². The van der Waals surface area contributed by atoms with Gasteiger partial charge < -0.3 is 10.1 Å². The molecule has 3 heteroatoms. The van der Waals surface area contributed by atoms with Gasteiger partial charge in [-0.3, -0.25) is 0 Å². The molecule has 0 amide bonds. The first-order valence-electron chi connectivity index (χ1n) is 3.18. The fourth-order valence-electron chi connectivity index (χ4n) is 0.836. The Labute approximate surface area is 62.4 Å². The van der Waals surface area contributed by atoms with E-state index in [1.54, 1.807) is 0 Å². The van der Waals surface area contributed by atoms with Crippen molar-refractivity contribution >= 4 is 12.4 Å². The summed E-state index contributed by atoms with van der Waals surface area (Å²) in [4.78, 5) is 0. The van der Waals surface area contributed by atoms with Crippen LogP contribution in [-0.2, 0) is 4.74 Å². The summed E-state index contributed by atoms with van der Waals surface area (Å²) in [7, 11) is 0. The number of halogens is 1. The van der Waals surface area contributed by atoms with Crippen molar-refractivity contribution in [2.24, 2.45) is 5.92 Å². The molecule has 1 saturated heterocycles. The predicted molar refractivity (Wildman–Crippen MR) is 40.1 cm³/mol. The van der Waals surface area contributed by atoms with E-state index in [4.69, 9.17) is 4.74 Å². The summed E-state index contributed by atoms with van der Waals surface area (Å²) < 4.78 is 5.24. The number of hydrogen-bond donors (Lipinski definition) is 1. The van der Waals surface area contributed by atoms with Gasteiger partial charge in [0.2, 0.25) is 0 Å². The van der Waals surface area contributed by atoms with Gasteiger partial charge in [0.15, 0.2) is 0 Å². The lowest BCUT2D eigenvalue weighted by molar-refractivity contribution is 0.128. The van der Waals surface area contributed by atoms with Gasteiger partial charge in [-0.25, -0.2) is 0 Å². The monoisotopic (exact) mass is 151 g/mol. The summed E-state index contributed by atoms with van der Waals surface area (Å²) in [6.45, 7) is 6.12. The van der Waals surface area contributed by atoms with Crippen molar-refractivity contribution in [3.63, 3.8) is 0 Å². The Morgan fingerprint density at radius 3 is 3.11 bits per heavy atom. The van der Waals surface area contributed by atoms with Crippen LogP contribution < -0.4 is 5.32 Å². The molecule has 1 fully saturated rings. The van der Waals surface area contributed by atoms with Gasteiger partial charge in [0, 0.05) is 6.54 Å². The molecule has 0 radical (unpaired) electrons. The smallest absolute Gasteiger partial charge is 0.0591 e. The van der Waals surface area contributed by atoms with E-state index in [0.717, 1.165) is 26.3 Å². The second kappa shape index (κ2) is 5.03. The molecule has 0 aromatic heterocycles. The minimum absolute atomic E-state index is 0. The fourth-order valence-corrected chi connectivity index (χ4v) is 0.836. The standard InChI is InChI=1S/C6H13NO.ClH/c1-6-4-7-2-3-8-5-6;/h6-7H,2-5H2,1H3;1H/t6-;/m0./s1. The van der Waals surface area contributed by atoms with Crippen molar-refractivity contribution in [3.8, 4) is 0 Å². The quantitative estimate of drug-likeness (QED) is 0.550. The zero-order valence-electron chi connectivity index (χ0n) is 5.72. The van der Waals surface area contributed by atoms with Crippen molar-refractivity contribution in [1.29, 1.82) is 0 Å². The molecule has 1 aliphatic rings. The predicted octanol–water partition coefficient (Wildman–Crippen LogP) is 0.664. The van der Waals surface area contributed by atoms with Crippen LogP contribution in [0.1, 0.15) is 6.92 Å². The average molecular weight is 152 g/mol. The Bertz CT molecular complexity index is 62.1. The first-order chi connectivity index (χ1) is 3.89. The summed E-state index contributed by atoms with van der Waals surface area (Å²) in [6.07, 6.45) is 0. The van der Waals surface area contributed by atoms with Gasteiger partial charge in [-0.05, 0) is 12.5 Å². The van der Waals surface area contributed by atoms with E-state index in [0.29, 0.717) is 5.92 Å². The second-order valence-electron chi connectivity index (χ2n) is 2.38. The first-order valence-corrected chi connectivity index (χ1v) is 3.18. The maximum Gasteiger partial charge on any atom is 0.0591 e. The van der Waals surface area contributed by atoms with Crippen LogP contribution in [0.3, 0.4) is 0 Å². The lowest BCUT2D eigenvalue weighted by Gasteiger charge is -2.03. The zero-order valence-corrected chi connectivity index (χ0v) is 6.54. The molecular formula is C6H14ClNO. The van der Waals surface area contributed by atoms with Gasteiger partial charge in [-0.2, -0.15) is 0 Å². The third kappa shape index (κ3) is 3.73. The molecule has 1 N–H and O–H groups in total. The summed E-state index contributed by atoms with van der Waals surface area (Å²) in [5.41, 5.74) is 0. The van der Waals surface area contributed by atoms with E-state index in [2.05, 4.69) is 12.2 Å². The topological polar surface area (TPSA) is 21.3 Å². The van der Waals surface area contributed by atoms with Crippen LogP contribution in [0.25, 0.3) is 0 Å². The van der Waals surface area contributed by atoms with Gasteiger partial charge in [0.05, 0.1) is 13.2 Å². The van der Waals surface area contributed by atoms with Crippen LogP contribution >= 0.6 is 12.4 Å². The third-order valence-corrected chi connectivity index (χ3v) is 1.32. The highest BCUT2D eigenvalue weighted by molar-refractivity contribution is 5.85. The van der Waals surface area contributed by atoms with E-state index >= 15 is 0 Å². The SMILES string of the molecule is C[C@H]1CNCCOC1.Cl. The number of ether oxygens (including phenoxy) is 1. The number of nitrogens with one attached hydrogen (secondary N) is 1. The number of hydrogen-bond acceptors (Lipinski definition) is 2. The molecule has 1 atom stereocenters. The lowest BCUT2D eigenvalue weighted by atomic mass is 10.2.